The Balaban J connectivity index is 2.32. The molecule has 2 aromatic rings. The maximum absolute atomic E-state index is 4.36. The van der Waals surface area contributed by atoms with Gasteiger partial charge in [-0.1, -0.05) is 45.0 Å². The summed E-state index contributed by atoms with van der Waals surface area (Å²) in [6.07, 6.45) is 0. The van der Waals surface area contributed by atoms with Crippen LogP contribution in [0.1, 0.15) is 33.3 Å². The van der Waals surface area contributed by atoms with Crippen molar-refractivity contribution in [1.82, 2.24) is 8.75 Å². The van der Waals surface area contributed by atoms with Gasteiger partial charge in [0.1, 0.15) is 5.69 Å². The lowest BCUT2D eigenvalue weighted by Crippen LogP contribution is -2.10. The molecule has 18 heavy (non-hydrogen) atoms. The van der Waals surface area contributed by atoms with Crippen molar-refractivity contribution in [3.63, 3.8) is 0 Å². The molecule has 0 atom stereocenters. The normalized spacial score (nSPS) is 11.6. The molecule has 0 saturated carbocycles. The van der Waals surface area contributed by atoms with Crippen molar-refractivity contribution in [1.29, 1.82) is 0 Å². The Morgan fingerprint density at radius 3 is 2.33 bits per heavy atom. The third-order valence-electron chi connectivity index (χ3n) is 2.86. The highest BCUT2D eigenvalue weighted by Crippen LogP contribution is 2.29. The van der Waals surface area contributed by atoms with Crippen molar-refractivity contribution in [2.45, 2.75) is 33.1 Å². The third-order valence-corrected chi connectivity index (χ3v) is 3.39. The molecule has 0 aliphatic rings. The van der Waals surface area contributed by atoms with Crippen molar-refractivity contribution < 1.29 is 0 Å². The molecule has 0 amide bonds. The van der Waals surface area contributed by atoms with Crippen LogP contribution in [0.4, 0.5) is 5.82 Å². The Bertz CT molecular complexity index is 509. The standard InChI is InChI=1S/C14H19N3S/c1-5-15-13-12(16-18-17-13)10-6-8-11(9-7-10)14(2,3)4/h6-9H,5H2,1-4H3,(H,15,17). The summed E-state index contributed by atoms with van der Waals surface area (Å²) < 4.78 is 8.64. The topological polar surface area (TPSA) is 37.8 Å². The SMILES string of the molecule is CCNc1nsnc1-c1ccc(C(C)(C)C)cc1. The van der Waals surface area contributed by atoms with Crippen molar-refractivity contribution in [3.8, 4) is 11.3 Å². The van der Waals surface area contributed by atoms with Crippen molar-refractivity contribution in [2.24, 2.45) is 0 Å². The summed E-state index contributed by atoms with van der Waals surface area (Å²) in [7, 11) is 0. The van der Waals surface area contributed by atoms with E-state index in [1.54, 1.807) is 0 Å². The fourth-order valence-electron chi connectivity index (χ4n) is 1.79. The zero-order valence-electron chi connectivity index (χ0n) is 11.3. The van der Waals surface area contributed by atoms with Crippen LogP contribution in [0.15, 0.2) is 24.3 Å². The predicted molar refractivity (Wildman–Crippen MR) is 78.2 cm³/mol. The highest BCUT2D eigenvalue weighted by molar-refractivity contribution is 6.99. The number of hydrogen-bond acceptors (Lipinski definition) is 4. The third kappa shape index (κ3) is 2.70. The molecule has 0 fully saturated rings. The molecular formula is C14H19N3S. The second-order valence-electron chi connectivity index (χ2n) is 5.32. The van der Waals surface area contributed by atoms with Gasteiger partial charge in [0, 0.05) is 12.1 Å². The summed E-state index contributed by atoms with van der Waals surface area (Å²) in [4.78, 5) is 0. The first-order chi connectivity index (χ1) is 8.52. The molecule has 0 spiro atoms. The van der Waals surface area contributed by atoms with E-state index in [1.165, 1.54) is 17.3 Å². The van der Waals surface area contributed by atoms with Gasteiger partial charge in [-0.2, -0.15) is 8.75 Å². The van der Waals surface area contributed by atoms with Gasteiger partial charge in [-0.15, -0.1) is 0 Å². The van der Waals surface area contributed by atoms with Crippen LogP contribution in [0.2, 0.25) is 0 Å². The Hall–Kier alpha value is -1.42. The van der Waals surface area contributed by atoms with E-state index in [0.717, 1.165) is 23.6 Å². The number of nitrogens with zero attached hydrogens (tertiary/aromatic N) is 2. The first-order valence-corrected chi connectivity index (χ1v) is 6.92. The molecule has 1 aromatic heterocycles. The van der Waals surface area contributed by atoms with Crippen LogP contribution < -0.4 is 5.32 Å². The van der Waals surface area contributed by atoms with Gasteiger partial charge in [-0.25, -0.2) is 0 Å². The Morgan fingerprint density at radius 1 is 1.11 bits per heavy atom. The fourth-order valence-corrected chi connectivity index (χ4v) is 2.34. The van der Waals surface area contributed by atoms with Crippen LogP contribution in [0, 0.1) is 0 Å². The molecular weight excluding hydrogens is 242 g/mol. The second kappa shape index (κ2) is 5.06. The van der Waals surface area contributed by atoms with Crippen LogP contribution in [-0.2, 0) is 5.41 Å². The number of aromatic nitrogens is 2. The Morgan fingerprint density at radius 2 is 1.78 bits per heavy atom. The van der Waals surface area contributed by atoms with Gasteiger partial charge >= 0.3 is 0 Å². The molecule has 96 valence electrons. The maximum atomic E-state index is 4.36. The molecule has 0 aliphatic heterocycles. The van der Waals surface area contributed by atoms with Crippen LogP contribution in [0.25, 0.3) is 11.3 Å². The van der Waals surface area contributed by atoms with E-state index in [4.69, 9.17) is 0 Å². The molecule has 0 aliphatic carbocycles. The highest BCUT2D eigenvalue weighted by atomic mass is 32.1. The summed E-state index contributed by atoms with van der Waals surface area (Å²) in [5.74, 6) is 0.881. The van der Waals surface area contributed by atoms with Gasteiger partial charge < -0.3 is 5.32 Å². The molecule has 1 heterocycles. The zero-order chi connectivity index (χ0) is 13.2. The van der Waals surface area contributed by atoms with Crippen LogP contribution in [0.3, 0.4) is 0 Å². The number of rotatable bonds is 3. The number of anilines is 1. The summed E-state index contributed by atoms with van der Waals surface area (Å²) in [5.41, 5.74) is 3.58. The second-order valence-corrected chi connectivity index (χ2v) is 5.85. The van der Waals surface area contributed by atoms with E-state index in [0.29, 0.717) is 0 Å². The minimum absolute atomic E-state index is 0.184. The lowest BCUT2D eigenvalue weighted by molar-refractivity contribution is 0.590. The quantitative estimate of drug-likeness (QED) is 0.909. The largest absolute Gasteiger partial charge is 0.368 e. The van der Waals surface area contributed by atoms with E-state index < -0.39 is 0 Å². The fraction of sp³-hybridized carbons (Fsp3) is 0.429. The first-order valence-electron chi connectivity index (χ1n) is 6.19. The average molecular weight is 261 g/mol. The lowest BCUT2D eigenvalue weighted by atomic mass is 9.86. The first kappa shape index (κ1) is 13.0. The van der Waals surface area contributed by atoms with Gasteiger partial charge in [0.05, 0.1) is 11.7 Å². The van der Waals surface area contributed by atoms with E-state index in [1.807, 2.05) is 0 Å². The van der Waals surface area contributed by atoms with Gasteiger partial charge in [0.25, 0.3) is 0 Å². The molecule has 0 saturated heterocycles. The Labute approximate surface area is 113 Å². The van der Waals surface area contributed by atoms with Crippen LogP contribution >= 0.6 is 11.7 Å². The molecule has 0 unspecified atom stereocenters. The van der Waals surface area contributed by atoms with Crippen LogP contribution in [-0.4, -0.2) is 15.3 Å². The number of nitrogens with one attached hydrogen (secondary N) is 1. The van der Waals surface area contributed by atoms with Gasteiger partial charge in [-0.05, 0) is 17.9 Å². The van der Waals surface area contributed by atoms with Gasteiger partial charge in [0.15, 0.2) is 5.82 Å². The minimum atomic E-state index is 0.184. The molecule has 1 N–H and O–H groups in total. The number of hydrogen-bond donors (Lipinski definition) is 1. The summed E-state index contributed by atoms with van der Waals surface area (Å²) >= 11 is 1.25. The molecule has 1 aromatic carbocycles. The highest BCUT2D eigenvalue weighted by Gasteiger charge is 2.14. The Kier molecular flexibility index (Phi) is 3.66. The molecule has 0 radical (unpaired) electrons. The predicted octanol–water partition coefficient (Wildman–Crippen LogP) is 3.93. The van der Waals surface area contributed by atoms with Gasteiger partial charge in [-0.3, -0.25) is 0 Å². The molecule has 3 nitrogen and oxygen atoms in total. The molecule has 2 rings (SSSR count). The van der Waals surface area contributed by atoms with Crippen molar-refractivity contribution >= 4 is 17.5 Å². The lowest BCUT2D eigenvalue weighted by Gasteiger charge is -2.19. The molecule has 0 bridgehead atoms. The number of benzene rings is 1. The summed E-state index contributed by atoms with van der Waals surface area (Å²) in [5, 5.41) is 3.24. The van der Waals surface area contributed by atoms with E-state index in [2.05, 4.69) is 66.0 Å². The van der Waals surface area contributed by atoms with E-state index in [9.17, 15) is 0 Å². The van der Waals surface area contributed by atoms with E-state index in [-0.39, 0.29) is 5.41 Å². The molecule has 4 heteroatoms. The smallest absolute Gasteiger partial charge is 0.168 e. The van der Waals surface area contributed by atoms with Crippen LogP contribution in [0.5, 0.6) is 0 Å². The zero-order valence-corrected chi connectivity index (χ0v) is 12.1. The summed E-state index contributed by atoms with van der Waals surface area (Å²) in [6, 6.07) is 8.59. The minimum Gasteiger partial charge on any atom is -0.368 e. The monoisotopic (exact) mass is 261 g/mol. The summed E-state index contributed by atoms with van der Waals surface area (Å²) in [6.45, 7) is 9.58. The average Bonchev–Trinajstić information content (AvgIpc) is 2.77. The van der Waals surface area contributed by atoms with Gasteiger partial charge in [0.2, 0.25) is 0 Å². The van der Waals surface area contributed by atoms with Crippen molar-refractivity contribution in [3.05, 3.63) is 29.8 Å². The maximum Gasteiger partial charge on any atom is 0.168 e. The van der Waals surface area contributed by atoms with Crippen molar-refractivity contribution in [2.75, 3.05) is 11.9 Å². The van der Waals surface area contributed by atoms with E-state index >= 15 is 0 Å².